The summed E-state index contributed by atoms with van der Waals surface area (Å²) in [6.45, 7) is 4.76. The highest BCUT2D eigenvalue weighted by Gasteiger charge is 2.24. The fraction of sp³-hybridized carbons (Fsp3) is 0.273. The highest BCUT2D eigenvalue weighted by molar-refractivity contribution is 14.1. The summed E-state index contributed by atoms with van der Waals surface area (Å²) in [4.78, 5) is 16.6. The third kappa shape index (κ3) is 4.73. The summed E-state index contributed by atoms with van der Waals surface area (Å²) in [5.41, 5.74) is 2.96. The lowest BCUT2D eigenvalue weighted by molar-refractivity contribution is -0.129. The van der Waals surface area contributed by atoms with Gasteiger partial charge in [-0.1, -0.05) is 31.0 Å². The molecule has 1 heterocycles. The Labute approximate surface area is 178 Å². The van der Waals surface area contributed by atoms with E-state index in [-0.39, 0.29) is 5.70 Å². The van der Waals surface area contributed by atoms with E-state index < -0.39 is 5.97 Å². The Bertz CT molecular complexity index is 932. The molecule has 0 saturated heterocycles. The smallest absolute Gasteiger partial charge is 0.363 e. The van der Waals surface area contributed by atoms with Gasteiger partial charge in [0.25, 0.3) is 0 Å². The molecular formula is C22H22INO4. The summed E-state index contributed by atoms with van der Waals surface area (Å²) in [6.07, 6.45) is 3.74. The van der Waals surface area contributed by atoms with Gasteiger partial charge in [-0.3, -0.25) is 0 Å². The molecule has 0 saturated carbocycles. The Morgan fingerprint density at radius 1 is 1.21 bits per heavy atom. The fourth-order valence-electron chi connectivity index (χ4n) is 2.67. The van der Waals surface area contributed by atoms with Gasteiger partial charge >= 0.3 is 5.97 Å². The van der Waals surface area contributed by atoms with Crippen molar-refractivity contribution < 1.29 is 19.0 Å². The summed E-state index contributed by atoms with van der Waals surface area (Å²) >= 11 is 2.21. The van der Waals surface area contributed by atoms with Crippen molar-refractivity contribution in [2.24, 2.45) is 4.99 Å². The van der Waals surface area contributed by atoms with E-state index in [1.807, 2.05) is 43.3 Å². The maximum Gasteiger partial charge on any atom is 0.363 e. The number of rotatable bonds is 7. The van der Waals surface area contributed by atoms with Crippen LogP contribution in [0.3, 0.4) is 0 Å². The number of methoxy groups -OCH3 is 1. The van der Waals surface area contributed by atoms with E-state index in [0.29, 0.717) is 18.3 Å². The molecule has 5 nitrogen and oxygen atoms in total. The van der Waals surface area contributed by atoms with Gasteiger partial charge < -0.3 is 14.2 Å². The van der Waals surface area contributed by atoms with E-state index in [9.17, 15) is 4.79 Å². The molecule has 0 fully saturated rings. The molecule has 0 radical (unpaired) electrons. The topological polar surface area (TPSA) is 57.1 Å². The zero-order chi connectivity index (χ0) is 20.1. The third-order valence-electron chi connectivity index (χ3n) is 4.22. The van der Waals surface area contributed by atoms with Crippen LogP contribution in [0.15, 0.2) is 47.1 Å². The van der Waals surface area contributed by atoms with Crippen LogP contribution in [0.4, 0.5) is 0 Å². The molecule has 146 valence electrons. The van der Waals surface area contributed by atoms with Gasteiger partial charge in [-0.2, -0.15) is 0 Å². The number of hydrogen-bond donors (Lipinski definition) is 0. The maximum atomic E-state index is 12.2. The van der Waals surface area contributed by atoms with Gasteiger partial charge in [0, 0.05) is 5.56 Å². The first-order valence-corrected chi connectivity index (χ1v) is 10.2. The molecular weight excluding hydrogens is 469 g/mol. The molecule has 0 N–H and O–H groups in total. The Balaban J connectivity index is 1.88. The third-order valence-corrected chi connectivity index (χ3v) is 5.02. The molecule has 3 rings (SSSR count). The molecule has 0 atom stereocenters. The zero-order valence-corrected chi connectivity index (χ0v) is 18.3. The molecule has 2 aromatic carbocycles. The molecule has 1 aliphatic heterocycles. The van der Waals surface area contributed by atoms with Crippen molar-refractivity contribution in [3.63, 3.8) is 0 Å². The summed E-state index contributed by atoms with van der Waals surface area (Å²) in [5, 5.41) is 0. The first kappa shape index (κ1) is 20.4. The van der Waals surface area contributed by atoms with Crippen molar-refractivity contribution in [1.29, 1.82) is 0 Å². The standard InChI is InChI=1S/C22H22INO4/c1-4-5-10-27-20-17(23)11-15(13-19(20)26-3)12-18-22(25)28-21(24-18)16-8-6-14(2)7-9-16/h6-9,11-13H,4-5,10H2,1-3H3/b18-12-. The highest BCUT2D eigenvalue weighted by Crippen LogP contribution is 2.35. The lowest BCUT2D eigenvalue weighted by Crippen LogP contribution is -2.05. The van der Waals surface area contributed by atoms with Crippen molar-refractivity contribution in [3.05, 3.63) is 62.4 Å². The largest absolute Gasteiger partial charge is 0.493 e. The minimum Gasteiger partial charge on any atom is -0.493 e. The SMILES string of the molecule is CCCCOc1c(I)cc(/C=C2\N=C(c3ccc(C)cc3)OC2=O)cc1OC. The number of ether oxygens (including phenoxy) is 3. The van der Waals surface area contributed by atoms with Gasteiger partial charge in [-0.25, -0.2) is 9.79 Å². The quantitative estimate of drug-likeness (QED) is 0.233. The molecule has 0 aliphatic carbocycles. The number of cyclic esters (lactones) is 1. The van der Waals surface area contributed by atoms with Gasteiger partial charge in [0.05, 0.1) is 17.3 Å². The van der Waals surface area contributed by atoms with Gasteiger partial charge in [-0.05, 0) is 71.8 Å². The lowest BCUT2D eigenvalue weighted by atomic mass is 10.1. The van der Waals surface area contributed by atoms with E-state index in [0.717, 1.165) is 38.9 Å². The molecule has 0 spiro atoms. The van der Waals surface area contributed by atoms with Gasteiger partial charge in [0.2, 0.25) is 5.90 Å². The molecule has 1 aliphatic rings. The van der Waals surface area contributed by atoms with Gasteiger partial charge in [-0.15, -0.1) is 0 Å². The minimum absolute atomic E-state index is 0.257. The number of aryl methyl sites for hydroxylation is 1. The maximum absolute atomic E-state index is 12.2. The second-order valence-electron chi connectivity index (χ2n) is 6.44. The van der Waals surface area contributed by atoms with E-state index in [1.165, 1.54) is 0 Å². The predicted octanol–water partition coefficient (Wildman–Crippen LogP) is 5.13. The van der Waals surface area contributed by atoms with Crippen LogP contribution in [-0.4, -0.2) is 25.6 Å². The summed E-state index contributed by atoms with van der Waals surface area (Å²) in [7, 11) is 1.60. The zero-order valence-electron chi connectivity index (χ0n) is 16.1. The Kier molecular flexibility index (Phi) is 6.72. The monoisotopic (exact) mass is 491 g/mol. The van der Waals surface area contributed by atoms with E-state index in [1.54, 1.807) is 13.2 Å². The molecule has 0 aromatic heterocycles. The highest BCUT2D eigenvalue weighted by atomic mass is 127. The molecule has 6 heteroatoms. The Morgan fingerprint density at radius 2 is 1.96 bits per heavy atom. The average molecular weight is 491 g/mol. The number of aliphatic imine (C=N–C) groups is 1. The number of unbranched alkanes of at least 4 members (excludes halogenated alkanes) is 1. The summed E-state index contributed by atoms with van der Waals surface area (Å²) in [5.74, 6) is 1.20. The van der Waals surface area contributed by atoms with Crippen molar-refractivity contribution in [1.82, 2.24) is 0 Å². The minimum atomic E-state index is -0.465. The number of carbonyl (C=O) groups excluding carboxylic acids is 1. The second-order valence-corrected chi connectivity index (χ2v) is 7.60. The molecule has 0 bridgehead atoms. The van der Waals surface area contributed by atoms with Crippen LogP contribution in [0.2, 0.25) is 0 Å². The van der Waals surface area contributed by atoms with Crippen LogP contribution in [0.5, 0.6) is 11.5 Å². The Morgan fingerprint density at radius 3 is 2.64 bits per heavy atom. The number of nitrogens with zero attached hydrogens (tertiary/aromatic N) is 1. The number of halogens is 1. The molecule has 0 amide bonds. The summed E-state index contributed by atoms with van der Waals surface area (Å²) < 4.78 is 17.6. The lowest BCUT2D eigenvalue weighted by Gasteiger charge is -2.13. The Hall–Kier alpha value is -2.35. The number of hydrogen-bond acceptors (Lipinski definition) is 5. The van der Waals surface area contributed by atoms with E-state index in [4.69, 9.17) is 14.2 Å². The van der Waals surface area contributed by atoms with Crippen molar-refractivity contribution in [2.75, 3.05) is 13.7 Å². The van der Waals surface area contributed by atoms with E-state index in [2.05, 4.69) is 34.5 Å². The van der Waals surface area contributed by atoms with Gasteiger partial charge in [0.15, 0.2) is 17.2 Å². The summed E-state index contributed by atoms with van der Waals surface area (Å²) in [6, 6.07) is 11.5. The fourth-order valence-corrected chi connectivity index (χ4v) is 3.45. The van der Waals surface area contributed by atoms with Crippen LogP contribution < -0.4 is 9.47 Å². The van der Waals surface area contributed by atoms with Crippen molar-refractivity contribution in [3.8, 4) is 11.5 Å². The molecule has 28 heavy (non-hydrogen) atoms. The average Bonchev–Trinajstić information content (AvgIpc) is 3.04. The van der Waals surface area contributed by atoms with Crippen molar-refractivity contribution in [2.45, 2.75) is 26.7 Å². The first-order valence-electron chi connectivity index (χ1n) is 9.11. The second kappa shape index (κ2) is 9.23. The van der Waals surface area contributed by atoms with Crippen LogP contribution >= 0.6 is 22.6 Å². The van der Waals surface area contributed by atoms with Gasteiger partial charge in [0.1, 0.15) is 0 Å². The molecule has 2 aromatic rings. The van der Waals surface area contributed by atoms with Crippen LogP contribution in [-0.2, 0) is 9.53 Å². The predicted molar refractivity (Wildman–Crippen MR) is 118 cm³/mol. The normalized spacial score (nSPS) is 14.8. The van der Waals surface area contributed by atoms with Crippen molar-refractivity contribution >= 4 is 40.5 Å². The van der Waals surface area contributed by atoms with Crippen LogP contribution in [0.25, 0.3) is 6.08 Å². The first-order chi connectivity index (χ1) is 13.5. The number of benzene rings is 2. The van der Waals surface area contributed by atoms with Crippen LogP contribution in [0, 0.1) is 10.5 Å². The van der Waals surface area contributed by atoms with Crippen LogP contribution in [0.1, 0.15) is 36.5 Å². The molecule has 0 unspecified atom stereocenters. The van der Waals surface area contributed by atoms with E-state index >= 15 is 0 Å². The number of esters is 1. The number of carbonyl (C=O) groups is 1.